The second-order valence-corrected chi connectivity index (χ2v) is 9.41. The van der Waals surface area contributed by atoms with Gasteiger partial charge in [0.25, 0.3) is 5.56 Å². The maximum Gasteiger partial charge on any atom is 0.417 e. The zero-order valence-electron chi connectivity index (χ0n) is 21.0. The summed E-state index contributed by atoms with van der Waals surface area (Å²) in [5.41, 5.74) is -1.29. The molecule has 0 atom stereocenters. The average Bonchev–Trinajstić information content (AvgIpc) is 3.22. The highest BCUT2D eigenvalue weighted by Gasteiger charge is 2.36. The predicted octanol–water partition coefficient (Wildman–Crippen LogP) is 3.17. The number of nitrogens with one attached hydrogen (secondary N) is 4. The Kier molecular flexibility index (Phi) is 7.01. The van der Waals surface area contributed by atoms with E-state index in [-0.39, 0.29) is 52.2 Å². The van der Waals surface area contributed by atoms with Crippen LogP contribution in [-0.2, 0) is 13.2 Å². The topological polar surface area (TPSA) is 154 Å². The van der Waals surface area contributed by atoms with Crippen LogP contribution < -0.4 is 26.2 Å². The maximum atomic E-state index is 13.6. The Balaban J connectivity index is 1.52. The molecule has 0 amide bonds. The molecule has 1 aliphatic heterocycles. The molecule has 40 heavy (non-hydrogen) atoms. The number of anilines is 2. The molecule has 210 valence electrons. The van der Waals surface area contributed by atoms with Crippen LogP contribution in [0.5, 0.6) is 5.75 Å². The van der Waals surface area contributed by atoms with Gasteiger partial charge in [-0.3, -0.25) is 4.79 Å². The molecular weight excluding hydrogens is 555 g/mol. The van der Waals surface area contributed by atoms with Crippen molar-refractivity contribution >= 4 is 46.5 Å². The second-order valence-electron chi connectivity index (χ2n) is 9.03. The molecule has 0 radical (unpaired) electrons. The Morgan fingerprint density at radius 2 is 2.12 bits per heavy atom. The number of likely N-dealkylation sites (N-methyl/N-ethyl adjacent to an activating group) is 1. The van der Waals surface area contributed by atoms with Crippen LogP contribution in [0.1, 0.15) is 24.4 Å². The first kappa shape index (κ1) is 27.2. The van der Waals surface area contributed by atoms with Crippen molar-refractivity contribution in [3.8, 4) is 5.75 Å². The van der Waals surface area contributed by atoms with Crippen LogP contribution in [0, 0.1) is 5.41 Å². The van der Waals surface area contributed by atoms with E-state index < -0.39 is 29.4 Å². The van der Waals surface area contributed by atoms with Gasteiger partial charge < -0.3 is 40.3 Å². The quantitative estimate of drug-likeness (QED) is 0.221. The molecule has 0 saturated heterocycles. The Bertz CT molecular complexity index is 1650. The van der Waals surface area contributed by atoms with Crippen molar-refractivity contribution in [3.05, 3.63) is 63.3 Å². The number of ether oxygens (including phenoxy) is 1. The number of aliphatic hydroxyl groups is 1. The number of halogens is 4. The fourth-order valence-electron chi connectivity index (χ4n) is 4.33. The van der Waals surface area contributed by atoms with Gasteiger partial charge in [0.1, 0.15) is 21.9 Å². The number of alkyl halides is 3. The summed E-state index contributed by atoms with van der Waals surface area (Å²) in [6, 6.07) is 0.160. The van der Waals surface area contributed by atoms with Gasteiger partial charge in [0.2, 0.25) is 5.95 Å². The lowest BCUT2D eigenvalue weighted by Gasteiger charge is -2.33. The number of aliphatic imine (C=N–C) groups is 1. The largest absolute Gasteiger partial charge is 0.450 e. The van der Waals surface area contributed by atoms with E-state index in [1.807, 2.05) is 0 Å². The molecule has 16 heteroatoms. The van der Waals surface area contributed by atoms with Gasteiger partial charge in [-0.2, -0.15) is 18.2 Å². The number of hydrogen-bond acceptors (Lipinski definition) is 10. The van der Waals surface area contributed by atoms with Gasteiger partial charge in [0.15, 0.2) is 23.0 Å². The first-order chi connectivity index (χ1) is 19.0. The zero-order valence-corrected chi connectivity index (χ0v) is 21.8. The maximum absolute atomic E-state index is 13.6. The van der Waals surface area contributed by atoms with Crippen molar-refractivity contribution in [2.75, 3.05) is 12.4 Å². The van der Waals surface area contributed by atoms with Crippen molar-refractivity contribution in [1.82, 2.24) is 29.7 Å². The molecule has 0 bridgehead atoms. The standard InChI is InChI=1S/C24H23ClF3N9O3/c1-30-20-18(31-3-4-32-20)15(8-29)40-16-9-33-21-19(17(16)25)36(2)23(35-21)34-14-5-11(24(26,27)28)10-37(22(14)39)12-6-13(38)7-12/h3-5,8-10,12-13,29,31,38H,6-7H2,1-2H3,(H,30,32)(H,33,34,35)/b18-15+,29-8?/t12-,13+. The highest BCUT2D eigenvalue weighted by Crippen LogP contribution is 2.37. The number of imidazole rings is 1. The van der Waals surface area contributed by atoms with E-state index in [9.17, 15) is 23.1 Å². The number of hydrogen-bond donors (Lipinski definition) is 5. The van der Waals surface area contributed by atoms with Gasteiger partial charge >= 0.3 is 6.18 Å². The normalized spacial score (nSPS) is 19.9. The summed E-state index contributed by atoms with van der Waals surface area (Å²) in [4.78, 5) is 25.8. The fourth-order valence-corrected chi connectivity index (χ4v) is 4.63. The second kappa shape index (κ2) is 10.3. The van der Waals surface area contributed by atoms with E-state index in [2.05, 4.69) is 30.9 Å². The van der Waals surface area contributed by atoms with Crippen LogP contribution >= 0.6 is 11.6 Å². The number of rotatable bonds is 6. The minimum absolute atomic E-state index is 0.00693. The van der Waals surface area contributed by atoms with E-state index in [4.69, 9.17) is 21.7 Å². The molecule has 1 fully saturated rings. The number of aliphatic hydroxyl groups excluding tert-OH is 1. The molecule has 12 nitrogen and oxygen atoms in total. The number of amidine groups is 1. The van der Waals surface area contributed by atoms with Gasteiger partial charge in [-0.1, -0.05) is 11.6 Å². The first-order valence-electron chi connectivity index (χ1n) is 11.9. The van der Waals surface area contributed by atoms with E-state index in [0.717, 1.165) is 17.0 Å². The van der Waals surface area contributed by atoms with E-state index >= 15 is 0 Å². The van der Waals surface area contributed by atoms with Crippen molar-refractivity contribution in [3.63, 3.8) is 0 Å². The zero-order chi connectivity index (χ0) is 28.8. The van der Waals surface area contributed by atoms with Gasteiger partial charge in [-0.25, -0.2) is 9.98 Å². The summed E-state index contributed by atoms with van der Waals surface area (Å²) in [7, 11) is 3.19. The van der Waals surface area contributed by atoms with Crippen LogP contribution in [0.3, 0.4) is 0 Å². The average molecular weight is 578 g/mol. The monoisotopic (exact) mass is 577 g/mol. The van der Waals surface area contributed by atoms with E-state index in [0.29, 0.717) is 17.6 Å². The van der Waals surface area contributed by atoms with Gasteiger partial charge in [-0.15, -0.1) is 0 Å². The van der Waals surface area contributed by atoms with Crippen LogP contribution in [-0.4, -0.2) is 49.4 Å². The number of fused-ring (bicyclic) bond motifs is 1. The highest BCUT2D eigenvalue weighted by atomic mass is 35.5. The van der Waals surface area contributed by atoms with Crippen molar-refractivity contribution in [2.24, 2.45) is 12.0 Å². The molecule has 5 rings (SSSR count). The molecule has 2 aliphatic rings. The van der Waals surface area contributed by atoms with Gasteiger partial charge in [0, 0.05) is 38.7 Å². The summed E-state index contributed by atoms with van der Waals surface area (Å²) in [5, 5.41) is 26.0. The van der Waals surface area contributed by atoms with Crippen LogP contribution in [0.15, 0.2) is 52.1 Å². The summed E-state index contributed by atoms with van der Waals surface area (Å²) < 4.78 is 49.2. The molecule has 5 N–H and O–H groups in total. The third-order valence-corrected chi connectivity index (χ3v) is 6.85. The van der Waals surface area contributed by atoms with Crippen LogP contribution in [0.4, 0.5) is 24.8 Å². The Morgan fingerprint density at radius 1 is 1.38 bits per heavy atom. The fraction of sp³-hybridized carbons (Fsp3) is 0.292. The third kappa shape index (κ3) is 4.88. The van der Waals surface area contributed by atoms with Crippen molar-refractivity contribution < 1.29 is 23.0 Å². The van der Waals surface area contributed by atoms with Crippen LogP contribution in [0.25, 0.3) is 11.2 Å². The lowest BCUT2D eigenvalue weighted by molar-refractivity contribution is -0.138. The molecule has 3 aromatic rings. The molecule has 1 saturated carbocycles. The van der Waals surface area contributed by atoms with Crippen LogP contribution in [0.2, 0.25) is 5.02 Å². The van der Waals surface area contributed by atoms with Gasteiger partial charge in [-0.05, 0) is 18.9 Å². The third-order valence-electron chi connectivity index (χ3n) is 6.48. The number of pyridine rings is 2. The lowest BCUT2D eigenvalue weighted by Crippen LogP contribution is -2.37. The summed E-state index contributed by atoms with van der Waals surface area (Å²) >= 11 is 6.63. The number of aromatic nitrogens is 4. The van der Waals surface area contributed by atoms with Crippen molar-refractivity contribution in [1.29, 1.82) is 5.41 Å². The van der Waals surface area contributed by atoms with Gasteiger partial charge in [0.05, 0.1) is 24.1 Å². The summed E-state index contributed by atoms with van der Waals surface area (Å²) in [6.07, 6.45) is 1.07. The molecule has 0 spiro atoms. The smallest absolute Gasteiger partial charge is 0.417 e. The molecular formula is C24H23ClF3N9O3. The Morgan fingerprint density at radius 3 is 2.77 bits per heavy atom. The number of aryl methyl sites for hydroxylation is 1. The SMILES string of the molecule is CNC1=NC=CN/C1=C(\C=N)Oc1cnc2nc(Nc3cc(C(F)(F)F)cn([C@H]4C[C@@H](O)C4)c3=O)n(C)c2c1Cl. The minimum Gasteiger partial charge on any atom is -0.450 e. The van der Waals surface area contributed by atoms with E-state index in [1.165, 1.54) is 17.0 Å². The highest BCUT2D eigenvalue weighted by molar-refractivity contribution is 6.36. The molecule has 1 aliphatic carbocycles. The summed E-state index contributed by atoms with van der Waals surface area (Å²) in [6.45, 7) is 0. The first-order valence-corrected chi connectivity index (χ1v) is 12.3. The molecule has 3 aromatic heterocycles. The lowest BCUT2D eigenvalue weighted by atomic mass is 9.89. The summed E-state index contributed by atoms with van der Waals surface area (Å²) in [5.74, 6) is 0.576. The van der Waals surface area contributed by atoms with E-state index in [1.54, 1.807) is 20.3 Å². The number of nitrogens with zero attached hydrogens (tertiary/aromatic N) is 5. The molecule has 4 heterocycles. The molecule has 0 unspecified atom stereocenters. The minimum atomic E-state index is -4.71. The number of allylic oxidation sites excluding steroid dienone is 1. The Labute approximate surface area is 229 Å². The predicted molar refractivity (Wildman–Crippen MR) is 142 cm³/mol. The molecule has 0 aromatic carbocycles. The van der Waals surface area contributed by atoms with Crippen molar-refractivity contribution in [2.45, 2.75) is 31.2 Å². The Hall–Kier alpha value is -4.37.